The van der Waals surface area contributed by atoms with Gasteiger partial charge in [0.15, 0.2) is 5.82 Å². The highest BCUT2D eigenvalue weighted by Crippen LogP contribution is 2.10. The van der Waals surface area contributed by atoms with Crippen LogP contribution in [0.3, 0.4) is 0 Å². The Hall–Kier alpha value is -2.21. The Morgan fingerprint density at radius 3 is 2.94 bits per heavy atom. The van der Waals surface area contributed by atoms with Crippen molar-refractivity contribution in [3.05, 3.63) is 53.4 Å². The number of pyridine rings is 1. The number of thiazole rings is 1. The Morgan fingerprint density at radius 2 is 2.28 bits per heavy atom. The largest absolute Gasteiger partial charge is 0.378 e. The van der Waals surface area contributed by atoms with Gasteiger partial charge in [0, 0.05) is 17.8 Å². The Balaban J connectivity index is 1.68. The fourth-order valence-corrected chi connectivity index (χ4v) is 2.11. The molecule has 3 aromatic heterocycles. The highest BCUT2D eigenvalue weighted by Gasteiger charge is 1.99. The molecule has 0 spiro atoms. The van der Waals surface area contributed by atoms with Crippen molar-refractivity contribution in [2.24, 2.45) is 0 Å². The molecule has 0 aliphatic carbocycles. The average Bonchev–Trinajstić information content (AvgIpc) is 3.10. The molecule has 3 rings (SSSR count). The van der Waals surface area contributed by atoms with Gasteiger partial charge in [0.1, 0.15) is 0 Å². The quantitative estimate of drug-likeness (QED) is 0.779. The van der Waals surface area contributed by atoms with E-state index in [1.54, 1.807) is 28.4 Å². The van der Waals surface area contributed by atoms with E-state index in [0.29, 0.717) is 6.54 Å². The van der Waals surface area contributed by atoms with E-state index >= 15 is 0 Å². The van der Waals surface area contributed by atoms with E-state index in [2.05, 4.69) is 20.4 Å². The summed E-state index contributed by atoms with van der Waals surface area (Å²) in [7, 11) is 0. The molecule has 90 valence electrons. The summed E-state index contributed by atoms with van der Waals surface area (Å²) in [6, 6.07) is 5.78. The molecule has 0 radical (unpaired) electrons. The molecule has 3 aromatic rings. The summed E-state index contributed by atoms with van der Waals surface area (Å²) in [6.45, 7) is 0.715. The summed E-state index contributed by atoms with van der Waals surface area (Å²) in [6.07, 6.45) is 5.39. The van der Waals surface area contributed by atoms with E-state index in [1.165, 1.54) is 0 Å². The van der Waals surface area contributed by atoms with Gasteiger partial charge < -0.3 is 5.32 Å². The van der Waals surface area contributed by atoms with Gasteiger partial charge in [0.05, 0.1) is 29.6 Å². The minimum Gasteiger partial charge on any atom is -0.378 e. The van der Waals surface area contributed by atoms with Crippen LogP contribution in [0.4, 0.5) is 5.69 Å². The zero-order valence-corrected chi connectivity index (χ0v) is 10.3. The van der Waals surface area contributed by atoms with E-state index in [0.717, 1.165) is 17.2 Å². The second-order valence-electron chi connectivity index (χ2n) is 3.69. The van der Waals surface area contributed by atoms with Crippen LogP contribution >= 0.6 is 11.3 Å². The number of nitrogens with one attached hydrogen (secondary N) is 1. The number of nitrogens with zero attached hydrogens (tertiary/aromatic N) is 4. The Kier molecular flexibility index (Phi) is 3.01. The third-order valence-electron chi connectivity index (χ3n) is 2.44. The molecule has 0 aliphatic heterocycles. The summed E-state index contributed by atoms with van der Waals surface area (Å²) in [5.41, 5.74) is 3.84. The summed E-state index contributed by atoms with van der Waals surface area (Å²) in [5, 5.41) is 9.43. The van der Waals surface area contributed by atoms with Crippen LogP contribution in [0.1, 0.15) is 5.69 Å². The van der Waals surface area contributed by atoms with Crippen molar-refractivity contribution in [1.29, 1.82) is 0 Å². The molecular weight excluding hydrogens is 246 g/mol. The highest BCUT2D eigenvalue weighted by atomic mass is 32.1. The molecule has 0 saturated carbocycles. The van der Waals surface area contributed by atoms with E-state index in [-0.39, 0.29) is 0 Å². The minimum atomic E-state index is 0.715. The number of hydrogen-bond acceptors (Lipinski definition) is 5. The molecule has 6 heteroatoms. The molecule has 0 aliphatic rings. The first-order chi connectivity index (χ1) is 8.92. The Bertz CT molecular complexity index is 586. The Morgan fingerprint density at radius 1 is 1.28 bits per heavy atom. The van der Waals surface area contributed by atoms with Crippen molar-refractivity contribution < 1.29 is 0 Å². The van der Waals surface area contributed by atoms with Crippen molar-refractivity contribution in [2.45, 2.75) is 6.54 Å². The molecule has 0 bridgehead atoms. The summed E-state index contributed by atoms with van der Waals surface area (Å²) in [4.78, 5) is 8.55. The zero-order chi connectivity index (χ0) is 12.2. The standard InChI is InChI=1S/C12H11N5S/c1-4-16-17(5-1)12-3-2-10(6-14-12)13-7-11-8-18-9-15-11/h1-6,8-9,13H,7H2. The van der Waals surface area contributed by atoms with Crippen LogP contribution in [0.25, 0.3) is 5.82 Å². The van der Waals surface area contributed by atoms with Gasteiger partial charge in [-0.15, -0.1) is 11.3 Å². The van der Waals surface area contributed by atoms with E-state index in [9.17, 15) is 0 Å². The van der Waals surface area contributed by atoms with Gasteiger partial charge >= 0.3 is 0 Å². The molecule has 0 amide bonds. The van der Waals surface area contributed by atoms with Gasteiger partial charge in [0.25, 0.3) is 0 Å². The van der Waals surface area contributed by atoms with Crippen LogP contribution in [0.5, 0.6) is 0 Å². The first-order valence-electron chi connectivity index (χ1n) is 5.49. The van der Waals surface area contributed by atoms with Crippen LogP contribution in [0, 0.1) is 0 Å². The zero-order valence-electron chi connectivity index (χ0n) is 9.52. The third-order valence-corrected chi connectivity index (χ3v) is 3.08. The molecular formula is C12H11N5S. The SMILES string of the molecule is c1cnn(-c2ccc(NCc3cscn3)cn2)c1. The summed E-state index contributed by atoms with van der Waals surface area (Å²) < 4.78 is 1.73. The molecule has 5 nitrogen and oxygen atoms in total. The first kappa shape index (κ1) is 10.9. The lowest BCUT2D eigenvalue weighted by Gasteiger charge is -2.05. The van der Waals surface area contributed by atoms with Crippen molar-refractivity contribution in [2.75, 3.05) is 5.32 Å². The topological polar surface area (TPSA) is 55.6 Å². The predicted octanol–water partition coefficient (Wildman–Crippen LogP) is 2.34. The maximum atomic E-state index is 4.34. The molecule has 0 aromatic carbocycles. The van der Waals surface area contributed by atoms with Gasteiger partial charge in [0.2, 0.25) is 0 Å². The van der Waals surface area contributed by atoms with Crippen molar-refractivity contribution >= 4 is 17.0 Å². The predicted molar refractivity (Wildman–Crippen MR) is 70.8 cm³/mol. The van der Waals surface area contributed by atoms with Crippen LogP contribution in [0.2, 0.25) is 0 Å². The molecule has 0 unspecified atom stereocenters. The van der Waals surface area contributed by atoms with E-state index < -0.39 is 0 Å². The van der Waals surface area contributed by atoms with E-state index in [4.69, 9.17) is 0 Å². The molecule has 0 saturated heterocycles. The van der Waals surface area contributed by atoms with Gasteiger partial charge in [-0.25, -0.2) is 14.6 Å². The van der Waals surface area contributed by atoms with Gasteiger partial charge in [-0.05, 0) is 18.2 Å². The second-order valence-corrected chi connectivity index (χ2v) is 4.41. The van der Waals surface area contributed by atoms with Crippen LogP contribution in [-0.2, 0) is 6.54 Å². The lowest BCUT2D eigenvalue weighted by molar-refractivity contribution is 0.847. The van der Waals surface area contributed by atoms with Crippen molar-refractivity contribution in [1.82, 2.24) is 19.7 Å². The van der Waals surface area contributed by atoms with Crippen molar-refractivity contribution in [3.8, 4) is 5.82 Å². The normalized spacial score (nSPS) is 10.4. The number of anilines is 1. The molecule has 0 fully saturated rings. The van der Waals surface area contributed by atoms with Gasteiger partial charge in [-0.2, -0.15) is 5.10 Å². The summed E-state index contributed by atoms with van der Waals surface area (Å²) >= 11 is 1.60. The van der Waals surface area contributed by atoms with Crippen LogP contribution in [0.15, 0.2) is 47.7 Å². The number of hydrogen-bond donors (Lipinski definition) is 1. The average molecular weight is 257 g/mol. The van der Waals surface area contributed by atoms with Crippen molar-refractivity contribution in [3.63, 3.8) is 0 Å². The fraction of sp³-hybridized carbons (Fsp3) is 0.0833. The second kappa shape index (κ2) is 4.97. The fourth-order valence-electron chi connectivity index (χ4n) is 1.55. The molecule has 0 atom stereocenters. The highest BCUT2D eigenvalue weighted by molar-refractivity contribution is 7.07. The van der Waals surface area contributed by atoms with Crippen LogP contribution in [-0.4, -0.2) is 19.7 Å². The monoisotopic (exact) mass is 257 g/mol. The number of aromatic nitrogens is 4. The van der Waals surface area contributed by atoms with Gasteiger partial charge in [-0.1, -0.05) is 0 Å². The smallest absolute Gasteiger partial charge is 0.153 e. The molecule has 18 heavy (non-hydrogen) atoms. The third kappa shape index (κ3) is 2.38. The van der Waals surface area contributed by atoms with E-state index in [1.807, 2.05) is 35.3 Å². The Labute approximate surface area is 108 Å². The minimum absolute atomic E-state index is 0.715. The summed E-state index contributed by atoms with van der Waals surface area (Å²) in [5.74, 6) is 0.805. The lowest BCUT2D eigenvalue weighted by atomic mass is 10.4. The first-order valence-corrected chi connectivity index (χ1v) is 6.43. The van der Waals surface area contributed by atoms with Gasteiger partial charge in [-0.3, -0.25) is 0 Å². The molecule has 3 heterocycles. The number of rotatable bonds is 4. The van der Waals surface area contributed by atoms with Crippen LogP contribution < -0.4 is 5.32 Å². The lowest BCUT2D eigenvalue weighted by Crippen LogP contribution is -2.02. The maximum absolute atomic E-state index is 4.34. The maximum Gasteiger partial charge on any atom is 0.153 e. The molecule has 1 N–H and O–H groups in total.